The monoisotopic (exact) mass is 299 g/mol. The van der Waals surface area contributed by atoms with Crippen molar-refractivity contribution in [1.82, 2.24) is 15.0 Å². The molecule has 3 nitrogen and oxygen atoms in total. The van der Waals surface area contributed by atoms with Crippen molar-refractivity contribution < 1.29 is 0 Å². The van der Waals surface area contributed by atoms with Gasteiger partial charge in [-0.25, -0.2) is 9.97 Å². The number of halogens is 1. The van der Waals surface area contributed by atoms with Gasteiger partial charge in [0.2, 0.25) is 0 Å². The van der Waals surface area contributed by atoms with E-state index in [-0.39, 0.29) is 0 Å². The molecule has 0 aliphatic rings. The van der Waals surface area contributed by atoms with Gasteiger partial charge in [0.25, 0.3) is 0 Å². The number of benzene rings is 1. The Bertz CT molecular complexity index is 716. The smallest absolute Gasteiger partial charge is 0.131 e. The Labute approximate surface area is 113 Å². The van der Waals surface area contributed by atoms with Gasteiger partial charge in [-0.15, -0.1) is 0 Å². The molecule has 4 heteroatoms. The first-order chi connectivity index (χ1) is 8.81. The summed E-state index contributed by atoms with van der Waals surface area (Å²) < 4.78 is 0.800. The third kappa shape index (κ3) is 2.33. The number of hydrogen-bond donors (Lipinski definition) is 1. The highest BCUT2D eigenvalue weighted by Crippen LogP contribution is 2.13. The maximum Gasteiger partial charge on any atom is 0.131 e. The van der Waals surface area contributed by atoms with Crippen LogP contribution in [-0.4, -0.2) is 15.0 Å². The normalized spacial score (nSPS) is 11.4. The molecule has 0 saturated carbocycles. The molecular weight excluding hydrogens is 290 g/mol. The average Bonchev–Trinajstić information content (AvgIpc) is 2.82. The molecule has 0 aliphatic heterocycles. The summed E-state index contributed by atoms with van der Waals surface area (Å²) in [5, 5.41) is 1.15. The molecule has 3 aromatic rings. The summed E-state index contributed by atoms with van der Waals surface area (Å²) in [6.07, 6.45) is 5.65. The molecule has 3 rings (SSSR count). The Morgan fingerprint density at radius 1 is 1.00 bits per heavy atom. The van der Waals surface area contributed by atoms with Crippen LogP contribution in [0.25, 0.3) is 23.1 Å². The summed E-state index contributed by atoms with van der Waals surface area (Å²) in [6, 6.07) is 12.1. The van der Waals surface area contributed by atoms with E-state index >= 15 is 0 Å². The molecule has 0 saturated heterocycles. The van der Waals surface area contributed by atoms with Crippen LogP contribution in [0, 0.1) is 0 Å². The number of aromatic amines is 1. The number of pyridine rings is 1. The van der Waals surface area contributed by atoms with Gasteiger partial charge in [-0.05, 0) is 40.2 Å². The first-order valence-electron chi connectivity index (χ1n) is 5.56. The first kappa shape index (κ1) is 11.2. The Morgan fingerprint density at radius 2 is 1.89 bits per heavy atom. The summed E-state index contributed by atoms with van der Waals surface area (Å²) in [6.45, 7) is 0. The van der Waals surface area contributed by atoms with Crippen molar-refractivity contribution in [2.75, 3.05) is 0 Å². The lowest BCUT2D eigenvalue weighted by Crippen LogP contribution is -1.82. The molecule has 2 heterocycles. The predicted molar refractivity (Wildman–Crippen MR) is 77.0 cm³/mol. The Morgan fingerprint density at radius 3 is 2.72 bits per heavy atom. The van der Waals surface area contributed by atoms with Crippen molar-refractivity contribution in [2.24, 2.45) is 0 Å². The van der Waals surface area contributed by atoms with Crippen LogP contribution >= 0.6 is 15.9 Å². The van der Waals surface area contributed by atoms with Crippen molar-refractivity contribution in [1.29, 1.82) is 0 Å². The minimum atomic E-state index is 0.800. The Balaban J connectivity index is 1.93. The lowest BCUT2D eigenvalue weighted by atomic mass is 10.2. The van der Waals surface area contributed by atoms with Crippen molar-refractivity contribution in [2.45, 2.75) is 0 Å². The minimum absolute atomic E-state index is 0.800. The fourth-order valence-electron chi connectivity index (χ4n) is 1.74. The number of aromatic nitrogens is 3. The molecule has 0 spiro atoms. The molecule has 0 atom stereocenters. The van der Waals surface area contributed by atoms with E-state index in [1.54, 1.807) is 6.20 Å². The molecule has 2 aromatic heterocycles. The highest BCUT2D eigenvalue weighted by Gasteiger charge is 1.96. The molecule has 0 amide bonds. The lowest BCUT2D eigenvalue weighted by Gasteiger charge is -1.97. The summed E-state index contributed by atoms with van der Waals surface area (Å²) >= 11 is 3.30. The third-order valence-electron chi connectivity index (χ3n) is 2.60. The van der Waals surface area contributed by atoms with Crippen molar-refractivity contribution in [3.8, 4) is 0 Å². The van der Waals surface area contributed by atoms with E-state index in [0.717, 1.165) is 27.0 Å². The predicted octanol–water partition coefficient (Wildman–Crippen LogP) is 3.89. The highest BCUT2D eigenvalue weighted by molar-refractivity contribution is 9.10. The fraction of sp³-hybridized carbons (Fsp3) is 0. The largest absolute Gasteiger partial charge is 0.344 e. The summed E-state index contributed by atoms with van der Waals surface area (Å²) in [7, 11) is 0. The molecule has 0 unspecified atom stereocenters. The van der Waals surface area contributed by atoms with Crippen molar-refractivity contribution in [3.63, 3.8) is 0 Å². The molecule has 0 bridgehead atoms. The van der Waals surface area contributed by atoms with Crippen LogP contribution < -0.4 is 0 Å². The number of para-hydroxylation sites is 1. The molecule has 0 radical (unpaired) electrons. The number of imidazole rings is 1. The zero-order chi connectivity index (χ0) is 12.4. The van der Waals surface area contributed by atoms with E-state index in [1.165, 1.54) is 0 Å². The number of nitrogens with zero attached hydrogens (tertiary/aromatic N) is 2. The number of nitrogens with one attached hydrogen (secondary N) is 1. The van der Waals surface area contributed by atoms with Crippen LogP contribution in [0.15, 0.2) is 47.2 Å². The molecule has 88 valence electrons. The van der Waals surface area contributed by atoms with Gasteiger partial charge < -0.3 is 4.98 Å². The zero-order valence-electron chi connectivity index (χ0n) is 9.47. The Hall–Kier alpha value is -1.94. The van der Waals surface area contributed by atoms with Gasteiger partial charge in [-0.3, -0.25) is 0 Å². The second kappa shape index (κ2) is 4.74. The van der Waals surface area contributed by atoms with Crippen molar-refractivity contribution in [3.05, 3.63) is 58.7 Å². The van der Waals surface area contributed by atoms with Crippen LogP contribution in [0.3, 0.4) is 0 Å². The number of rotatable bonds is 2. The summed E-state index contributed by atoms with van der Waals surface area (Å²) in [4.78, 5) is 11.8. The van der Waals surface area contributed by atoms with Gasteiger partial charge in [0.1, 0.15) is 10.4 Å². The van der Waals surface area contributed by atoms with E-state index < -0.39 is 0 Å². The molecular formula is C14H10BrN3. The van der Waals surface area contributed by atoms with Crippen LogP contribution in [0.5, 0.6) is 0 Å². The SMILES string of the molecule is Brc1c[nH]c(C=Cc2ccc3ccccc3n2)n1. The second-order valence-corrected chi connectivity index (χ2v) is 4.68. The lowest BCUT2D eigenvalue weighted by molar-refractivity contribution is 1.25. The van der Waals surface area contributed by atoms with Crippen molar-refractivity contribution >= 4 is 39.0 Å². The number of H-pyrrole nitrogens is 1. The molecule has 1 N–H and O–H groups in total. The van der Waals surface area contributed by atoms with Gasteiger partial charge >= 0.3 is 0 Å². The van der Waals surface area contributed by atoms with Crippen LogP contribution in [0.1, 0.15) is 11.5 Å². The molecule has 1 aromatic carbocycles. The van der Waals surface area contributed by atoms with E-state index in [1.807, 2.05) is 36.4 Å². The van der Waals surface area contributed by atoms with Gasteiger partial charge in [-0.2, -0.15) is 0 Å². The maximum absolute atomic E-state index is 4.56. The van der Waals surface area contributed by atoms with Gasteiger partial charge in [-0.1, -0.05) is 24.3 Å². The Kier molecular flexibility index (Phi) is 2.94. The minimum Gasteiger partial charge on any atom is -0.344 e. The summed E-state index contributed by atoms with van der Waals surface area (Å²) in [5.74, 6) is 0.803. The quantitative estimate of drug-likeness (QED) is 0.780. The second-order valence-electron chi connectivity index (χ2n) is 3.87. The van der Waals surface area contributed by atoms with E-state index in [9.17, 15) is 0 Å². The third-order valence-corrected chi connectivity index (χ3v) is 3.00. The van der Waals surface area contributed by atoms with Gasteiger partial charge in [0.05, 0.1) is 11.2 Å². The van der Waals surface area contributed by atoms with Crippen LogP contribution in [0.2, 0.25) is 0 Å². The van der Waals surface area contributed by atoms with Gasteiger partial charge in [0.15, 0.2) is 0 Å². The topological polar surface area (TPSA) is 41.6 Å². The molecule has 0 fully saturated rings. The van der Waals surface area contributed by atoms with E-state index in [0.29, 0.717) is 0 Å². The number of hydrogen-bond acceptors (Lipinski definition) is 2. The molecule has 18 heavy (non-hydrogen) atoms. The average molecular weight is 300 g/mol. The van der Waals surface area contributed by atoms with Gasteiger partial charge in [0, 0.05) is 11.6 Å². The fourth-order valence-corrected chi connectivity index (χ4v) is 2.04. The van der Waals surface area contributed by atoms with Crippen LogP contribution in [0.4, 0.5) is 0 Å². The standard InChI is InChI=1S/C14H10BrN3/c15-13-9-16-14(18-13)8-7-11-6-5-10-3-1-2-4-12(10)17-11/h1-9H,(H,16,18). The first-order valence-corrected chi connectivity index (χ1v) is 6.35. The highest BCUT2D eigenvalue weighted by atomic mass is 79.9. The zero-order valence-corrected chi connectivity index (χ0v) is 11.1. The maximum atomic E-state index is 4.56. The van der Waals surface area contributed by atoms with E-state index in [2.05, 4.69) is 43.0 Å². The molecule has 0 aliphatic carbocycles. The summed E-state index contributed by atoms with van der Waals surface area (Å²) in [5.41, 5.74) is 1.92. The number of fused-ring (bicyclic) bond motifs is 1. The van der Waals surface area contributed by atoms with E-state index in [4.69, 9.17) is 0 Å². The van der Waals surface area contributed by atoms with Crippen LogP contribution in [-0.2, 0) is 0 Å².